The van der Waals surface area contributed by atoms with Crippen LogP contribution in [0.1, 0.15) is 6.42 Å². The highest BCUT2D eigenvalue weighted by Crippen LogP contribution is 2.37. The predicted molar refractivity (Wildman–Crippen MR) is 89.3 cm³/mol. The fourth-order valence-corrected chi connectivity index (χ4v) is 2.92. The average molecular weight is 358 g/mol. The van der Waals surface area contributed by atoms with E-state index >= 15 is 0 Å². The Balaban J connectivity index is 1.49. The second-order valence-corrected chi connectivity index (χ2v) is 5.92. The van der Waals surface area contributed by atoms with Gasteiger partial charge < -0.3 is 24.7 Å². The molecule has 2 aliphatic rings. The van der Waals surface area contributed by atoms with E-state index in [9.17, 15) is 19.2 Å². The Hall–Kier alpha value is -3.56. The molecule has 0 saturated carbocycles. The number of aromatic amines is 2. The van der Waals surface area contributed by atoms with Gasteiger partial charge in [-0.25, -0.2) is 4.79 Å². The van der Waals surface area contributed by atoms with Gasteiger partial charge in [0.25, 0.3) is 5.56 Å². The van der Waals surface area contributed by atoms with Crippen LogP contribution in [0.3, 0.4) is 0 Å². The lowest BCUT2D eigenvalue weighted by molar-refractivity contribution is -0.122. The molecule has 2 aromatic rings. The van der Waals surface area contributed by atoms with Crippen LogP contribution in [0.15, 0.2) is 34.0 Å². The first-order valence-corrected chi connectivity index (χ1v) is 7.84. The van der Waals surface area contributed by atoms with Crippen LogP contribution >= 0.6 is 0 Å². The summed E-state index contributed by atoms with van der Waals surface area (Å²) in [4.78, 5) is 53.1. The van der Waals surface area contributed by atoms with Gasteiger partial charge in [0.05, 0.1) is 5.92 Å². The summed E-state index contributed by atoms with van der Waals surface area (Å²) in [6, 6.07) is 5.11. The van der Waals surface area contributed by atoms with Crippen molar-refractivity contribution >= 4 is 23.2 Å². The smallest absolute Gasteiger partial charge is 0.325 e. The van der Waals surface area contributed by atoms with Gasteiger partial charge in [0.15, 0.2) is 11.5 Å². The molecule has 1 unspecified atom stereocenters. The van der Waals surface area contributed by atoms with Crippen LogP contribution in [0.5, 0.6) is 11.5 Å². The number of ether oxygens (including phenoxy) is 2. The molecule has 3 heterocycles. The van der Waals surface area contributed by atoms with Crippen molar-refractivity contribution in [3.05, 3.63) is 45.2 Å². The molecule has 10 heteroatoms. The number of carbonyl (C=O) groups is 2. The monoisotopic (exact) mass is 358 g/mol. The second-order valence-electron chi connectivity index (χ2n) is 5.92. The van der Waals surface area contributed by atoms with Gasteiger partial charge in [-0.15, -0.1) is 0 Å². The minimum atomic E-state index is -0.709. The molecule has 1 saturated heterocycles. The van der Waals surface area contributed by atoms with Gasteiger partial charge in [0, 0.05) is 30.9 Å². The lowest BCUT2D eigenvalue weighted by atomic mass is 10.1. The maximum absolute atomic E-state index is 12.4. The summed E-state index contributed by atoms with van der Waals surface area (Å²) in [6.45, 7) is 0.303. The van der Waals surface area contributed by atoms with Crippen LogP contribution in [-0.4, -0.2) is 35.1 Å². The highest BCUT2D eigenvalue weighted by molar-refractivity contribution is 6.03. The molecule has 1 atom stereocenters. The number of nitrogens with one attached hydrogen (secondary N) is 3. The maximum Gasteiger partial charge on any atom is 0.325 e. The fourth-order valence-electron chi connectivity index (χ4n) is 2.92. The van der Waals surface area contributed by atoms with E-state index in [2.05, 4.69) is 10.3 Å². The summed E-state index contributed by atoms with van der Waals surface area (Å²) in [5.74, 6) is -0.159. The lowest BCUT2D eigenvalue weighted by Gasteiger charge is -2.17. The van der Waals surface area contributed by atoms with Crippen molar-refractivity contribution in [1.82, 2.24) is 9.97 Å². The van der Waals surface area contributed by atoms with Crippen molar-refractivity contribution < 1.29 is 19.1 Å². The number of aromatic nitrogens is 2. The molecule has 0 radical (unpaired) electrons. The van der Waals surface area contributed by atoms with Crippen molar-refractivity contribution in [3.8, 4) is 11.5 Å². The number of fused-ring (bicyclic) bond motifs is 1. The van der Waals surface area contributed by atoms with Crippen LogP contribution in [-0.2, 0) is 9.59 Å². The Morgan fingerprint density at radius 3 is 2.81 bits per heavy atom. The predicted octanol–water partition coefficient (Wildman–Crippen LogP) is -0.217. The summed E-state index contributed by atoms with van der Waals surface area (Å²) < 4.78 is 10.5. The Morgan fingerprint density at radius 2 is 2.00 bits per heavy atom. The minimum absolute atomic E-state index is 0.0154. The van der Waals surface area contributed by atoms with E-state index in [-0.39, 0.29) is 31.4 Å². The fraction of sp³-hybridized carbons (Fsp3) is 0.250. The highest BCUT2D eigenvalue weighted by Gasteiger charge is 2.36. The first-order valence-electron chi connectivity index (χ1n) is 7.84. The Labute approximate surface area is 145 Å². The first kappa shape index (κ1) is 15.9. The largest absolute Gasteiger partial charge is 0.454 e. The number of anilines is 2. The van der Waals surface area contributed by atoms with Crippen LogP contribution in [0.25, 0.3) is 0 Å². The van der Waals surface area contributed by atoms with E-state index in [0.29, 0.717) is 17.2 Å². The normalized spacial score (nSPS) is 18.2. The molecule has 26 heavy (non-hydrogen) atoms. The van der Waals surface area contributed by atoms with E-state index in [1.54, 1.807) is 18.2 Å². The minimum Gasteiger partial charge on any atom is -0.454 e. The lowest BCUT2D eigenvalue weighted by Crippen LogP contribution is -2.31. The summed E-state index contributed by atoms with van der Waals surface area (Å²) in [7, 11) is 0. The number of hydrogen-bond acceptors (Lipinski definition) is 6. The molecule has 1 fully saturated rings. The zero-order chi connectivity index (χ0) is 18.3. The Bertz CT molecular complexity index is 1010. The molecule has 0 bridgehead atoms. The molecule has 134 valence electrons. The summed E-state index contributed by atoms with van der Waals surface area (Å²) >= 11 is 0. The molecular weight excluding hydrogens is 344 g/mol. The van der Waals surface area contributed by atoms with Gasteiger partial charge in [-0.3, -0.25) is 19.4 Å². The molecular formula is C16H14N4O6. The summed E-state index contributed by atoms with van der Waals surface area (Å²) in [6.07, 6.45) is 1.13. The van der Waals surface area contributed by atoms with Gasteiger partial charge in [0.1, 0.15) is 5.69 Å². The van der Waals surface area contributed by atoms with E-state index in [1.165, 1.54) is 4.90 Å². The van der Waals surface area contributed by atoms with Crippen LogP contribution in [0.2, 0.25) is 0 Å². The molecule has 1 aromatic carbocycles. The summed E-state index contributed by atoms with van der Waals surface area (Å²) in [5.41, 5.74) is -0.850. The number of carbonyl (C=O) groups excluding carboxylic acids is 2. The third kappa shape index (κ3) is 2.81. The van der Waals surface area contributed by atoms with Crippen LogP contribution < -0.4 is 30.9 Å². The number of H-pyrrole nitrogens is 2. The first-order chi connectivity index (χ1) is 12.5. The van der Waals surface area contributed by atoms with E-state index in [4.69, 9.17) is 9.47 Å². The summed E-state index contributed by atoms with van der Waals surface area (Å²) in [5, 5.41) is 2.44. The number of benzene rings is 1. The maximum atomic E-state index is 12.4. The number of amides is 2. The van der Waals surface area contributed by atoms with Crippen LogP contribution in [0.4, 0.5) is 11.4 Å². The van der Waals surface area contributed by atoms with Gasteiger partial charge >= 0.3 is 5.69 Å². The molecule has 0 spiro atoms. The average Bonchev–Trinajstić information content (AvgIpc) is 3.23. The molecule has 4 rings (SSSR count). The third-order valence-corrected chi connectivity index (χ3v) is 4.24. The van der Waals surface area contributed by atoms with Gasteiger partial charge in [-0.05, 0) is 12.1 Å². The van der Waals surface area contributed by atoms with Crippen molar-refractivity contribution in [3.63, 3.8) is 0 Å². The molecule has 3 N–H and O–H groups in total. The highest BCUT2D eigenvalue weighted by atomic mass is 16.7. The topological polar surface area (TPSA) is 134 Å². The zero-order valence-electron chi connectivity index (χ0n) is 13.4. The molecule has 10 nitrogen and oxygen atoms in total. The molecule has 1 aromatic heterocycles. The quantitative estimate of drug-likeness (QED) is 0.695. The van der Waals surface area contributed by atoms with E-state index in [1.807, 2.05) is 4.98 Å². The number of nitrogens with zero attached hydrogens (tertiary/aromatic N) is 1. The van der Waals surface area contributed by atoms with Crippen molar-refractivity contribution in [1.29, 1.82) is 0 Å². The molecule has 2 amide bonds. The Kier molecular flexibility index (Phi) is 3.72. The standard InChI is InChI=1S/C16H14N4O6/c21-13-3-8(14(22)18-10-5-17-16(24)19-15(10)23)6-20(13)9-1-2-11-12(4-9)26-7-25-11/h1-2,4-5,8H,3,6-7H2,(H,18,22)(H2,17,19,23,24). The van der Waals surface area contributed by atoms with Crippen molar-refractivity contribution in [2.75, 3.05) is 23.6 Å². The van der Waals surface area contributed by atoms with E-state index in [0.717, 1.165) is 6.20 Å². The Morgan fingerprint density at radius 1 is 1.19 bits per heavy atom. The van der Waals surface area contributed by atoms with Crippen molar-refractivity contribution in [2.24, 2.45) is 5.92 Å². The van der Waals surface area contributed by atoms with E-state index < -0.39 is 23.1 Å². The van der Waals surface area contributed by atoms with Crippen molar-refractivity contribution in [2.45, 2.75) is 6.42 Å². The van der Waals surface area contributed by atoms with Gasteiger partial charge in [-0.2, -0.15) is 0 Å². The van der Waals surface area contributed by atoms with Gasteiger partial charge in [-0.1, -0.05) is 0 Å². The second kappa shape index (κ2) is 6.06. The third-order valence-electron chi connectivity index (χ3n) is 4.24. The number of rotatable bonds is 3. The van der Waals surface area contributed by atoms with Gasteiger partial charge in [0.2, 0.25) is 18.6 Å². The zero-order valence-corrected chi connectivity index (χ0v) is 13.4. The molecule has 0 aliphatic carbocycles. The molecule has 2 aliphatic heterocycles. The SMILES string of the molecule is O=C(Nc1c[nH]c(=O)[nH]c1=O)C1CC(=O)N(c2ccc3c(c2)OCO3)C1. The number of hydrogen-bond donors (Lipinski definition) is 3. The van der Waals surface area contributed by atoms with Crippen LogP contribution in [0, 0.1) is 5.92 Å².